The van der Waals surface area contributed by atoms with E-state index in [2.05, 4.69) is 24.8 Å². The molecule has 0 spiro atoms. The predicted molar refractivity (Wildman–Crippen MR) is 77.0 cm³/mol. The van der Waals surface area contributed by atoms with Crippen molar-refractivity contribution >= 4 is 29.5 Å². The molecule has 0 heterocycles. The molecule has 0 aliphatic rings. The maximum atomic E-state index is 11.4. The summed E-state index contributed by atoms with van der Waals surface area (Å²) in [5.74, 6) is 0. The largest absolute Gasteiger partial charge is 0.282 e. The van der Waals surface area contributed by atoms with Crippen molar-refractivity contribution in [2.45, 2.75) is 4.90 Å². The average Bonchev–Trinajstić information content (AvgIpc) is 2.39. The van der Waals surface area contributed by atoms with Crippen LogP contribution >= 0.6 is 24.4 Å². The summed E-state index contributed by atoms with van der Waals surface area (Å²) in [7, 11) is 0. The van der Waals surface area contributed by atoms with Gasteiger partial charge in [-0.05, 0) is 35.6 Å². The first-order valence-corrected chi connectivity index (χ1v) is 6.86. The minimum atomic E-state index is -0.199. The van der Waals surface area contributed by atoms with Crippen molar-refractivity contribution in [1.29, 1.82) is 0 Å². The van der Waals surface area contributed by atoms with E-state index >= 15 is 0 Å². The fourth-order valence-corrected chi connectivity index (χ4v) is 2.30. The van der Waals surface area contributed by atoms with Gasteiger partial charge >= 0.3 is 0 Å². The van der Waals surface area contributed by atoms with Crippen molar-refractivity contribution in [3.05, 3.63) is 54.1 Å². The van der Waals surface area contributed by atoms with Gasteiger partial charge in [0.15, 0.2) is 0 Å². The van der Waals surface area contributed by atoms with Crippen LogP contribution in [0.5, 0.6) is 0 Å². The van der Waals surface area contributed by atoms with Gasteiger partial charge in [0, 0.05) is 10.5 Å². The number of carbonyl (C=O) groups excluding carboxylic acids is 1. The van der Waals surface area contributed by atoms with E-state index in [9.17, 15) is 4.79 Å². The second-order valence-corrected chi connectivity index (χ2v) is 4.87. The van der Waals surface area contributed by atoms with E-state index in [1.165, 1.54) is 4.90 Å². The number of carbonyl (C=O) groups is 1. The molecule has 3 heteroatoms. The first-order chi connectivity index (χ1) is 8.22. The first kappa shape index (κ1) is 12.3. The van der Waals surface area contributed by atoms with Gasteiger partial charge in [-0.3, -0.25) is 4.79 Å². The average molecular weight is 260 g/mol. The lowest BCUT2D eigenvalue weighted by molar-refractivity contribution is 0.109. The molecule has 17 heavy (non-hydrogen) atoms. The molecule has 0 fully saturated rings. The summed E-state index contributed by atoms with van der Waals surface area (Å²) < 4.78 is 0. The van der Waals surface area contributed by atoms with Crippen LogP contribution in [0.15, 0.2) is 53.4 Å². The molecule has 2 rings (SSSR count). The maximum Gasteiger partial charge on any atom is 0.216 e. The summed E-state index contributed by atoms with van der Waals surface area (Å²) in [5, 5.41) is -0.199. The van der Waals surface area contributed by atoms with E-state index < -0.39 is 0 Å². The van der Waals surface area contributed by atoms with Crippen LogP contribution in [0.1, 0.15) is 10.4 Å². The third-order valence-electron chi connectivity index (χ3n) is 2.56. The van der Waals surface area contributed by atoms with Crippen LogP contribution in [0, 0.1) is 0 Å². The summed E-state index contributed by atoms with van der Waals surface area (Å²) in [6.07, 6.45) is 2.04. The van der Waals surface area contributed by atoms with Crippen molar-refractivity contribution in [1.82, 2.24) is 0 Å². The zero-order valence-corrected chi connectivity index (χ0v) is 11.1. The van der Waals surface area contributed by atoms with Gasteiger partial charge in [0.1, 0.15) is 0 Å². The molecule has 0 aliphatic carbocycles. The quantitative estimate of drug-likeness (QED) is 0.659. The summed E-state index contributed by atoms with van der Waals surface area (Å²) >= 11 is 5.60. The molecule has 0 atom stereocenters. The van der Waals surface area contributed by atoms with Crippen molar-refractivity contribution in [3.63, 3.8) is 0 Å². The Bertz CT molecular complexity index is 532. The van der Waals surface area contributed by atoms with Gasteiger partial charge in [-0.1, -0.05) is 30.3 Å². The Labute approximate surface area is 111 Å². The SMILES string of the molecule is CSc1ccc(-c2ccccc2C(=O)S)cc1. The molecule has 86 valence electrons. The molecule has 0 unspecified atom stereocenters. The maximum absolute atomic E-state index is 11.4. The number of hydrogen-bond donors (Lipinski definition) is 1. The number of rotatable bonds is 3. The molecule has 0 saturated heterocycles. The van der Waals surface area contributed by atoms with Crippen molar-refractivity contribution in [2.75, 3.05) is 6.26 Å². The van der Waals surface area contributed by atoms with E-state index in [4.69, 9.17) is 0 Å². The summed E-state index contributed by atoms with van der Waals surface area (Å²) in [6.45, 7) is 0. The van der Waals surface area contributed by atoms with E-state index in [1.807, 2.05) is 36.6 Å². The van der Waals surface area contributed by atoms with Crippen LogP contribution in [-0.2, 0) is 0 Å². The molecule has 0 aliphatic heterocycles. The summed E-state index contributed by atoms with van der Waals surface area (Å²) in [4.78, 5) is 12.6. The topological polar surface area (TPSA) is 17.1 Å². The van der Waals surface area contributed by atoms with Gasteiger partial charge in [0.2, 0.25) is 5.12 Å². The number of benzene rings is 2. The zero-order valence-electron chi connectivity index (χ0n) is 9.38. The van der Waals surface area contributed by atoms with Gasteiger partial charge in [0.25, 0.3) is 0 Å². The van der Waals surface area contributed by atoms with E-state index in [0.29, 0.717) is 5.56 Å². The van der Waals surface area contributed by atoms with Crippen LogP contribution in [0.3, 0.4) is 0 Å². The minimum absolute atomic E-state index is 0.199. The molecule has 0 aromatic heterocycles. The summed E-state index contributed by atoms with van der Waals surface area (Å²) in [5.41, 5.74) is 2.62. The standard InChI is InChI=1S/C14H12OS2/c1-17-11-8-6-10(7-9-11)12-4-2-3-5-13(12)14(15)16/h2-9H,1H3,(H,15,16). The Morgan fingerprint density at radius 2 is 1.71 bits per heavy atom. The van der Waals surface area contributed by atoms with Crippen LogP contribution < -0.4 is 0 Å². The molecular weight excluding hydrogens is 248 g/mol. The predicted octanol–water partition coefficient (Wildman–Crippen LogP) is 4.15. The van der Waals surface area contributed by atoms with Crippen LogP contribution in [-0.4, -0.2) is 11.4 Å². The Kier molecular flexibility index (Phi) is 3.92. The molecule has 0 bridgehead atoms. The van der Waals surface area contributed by atoms with Gasteiger partial charge in [0.05, 0.1) is 0 Å². The third kappa shape index (κ3) is 2.73. The first-order valence-electron chi connectivity index (χ1n) is 5.19. The van der Waals surface area contributed by atoms with E-state index in [1.54, 1.807) is 17.8 Å². The monoisotopic (exact) mass is 260 g/mol. The summed E-state index contributed by atoms with van der Waals surface area (Å²) in [6, 6.07) is 15.7. The Hall–Kier alpha value is -1.19. The van der Waals surface area contributed by atoms with Crippen molar-refractivity contribution in [3.8, 4) is 11.1 Å². The van der Waals surface area contributed by atoms with Crippen molar-refractivity contribution < 1.29 is 4.79 Å². The lowest BCUT2D eigenvalue weighted by atomic mass is 10.0. The lowest BCUT2D eigenvalue weighted by Crippen LogP contribution is -1.93. The second-order valence-electron chi connectivity index (χ2n) is 3.58. The molecule has 1 nitrogen and oxygen atoms in total. The molecule has 0 N–H and O–H groups in total. The van der Waals surface area contributed by atoms with Gasteiger partial charge in [-0.15, -0.1) is 24.4 Å². The highest BCUT2D eigenvalue weighted by Crippen LogP contribution is 2.26. The molecular formula is C14H12OS2. The lowest BCUT2D eigenvalue weighted by Gasteiger charge is -2.07. The second kappa shape index (κ2) is 5.43. The smallest absolute Gasteiger partial charge is 0.216 e. The number of thiol groups is 1. The van der Waals surface area contributed by atoms with Gasteiger partial charge in [-0.2, -0.15) is 0 Å². The third-order valence-corrected chi connectivity index (χ3v) is 3.54. The van der Waals surface area contributed by atoms with Crippen LogP contribution in [0.2, 0.25) is 0 Å². The molecule has 0 radical (unpaired) electrons. The minimum Gasteiger partial charge on any atom is -0.282 e. The molecule has 2 aromatic carbocycles. The molecule has 0 saturated carbocycles. The fourth-order valence-electron chi connectivity index (χ4n) is 1.69. The number of hydrogen-bond acceptors (Lipinski definition) is 2. The Morgan fingerprint density at radius 3 is 2.29 bits per heavy atom. The Balaban J connectivity index is 2.48. The number of thioether (sulfide) groups is 1. The highest BCUT2D eigenvalue weighted by molar-refractivity contribution is 7.98. The van der Waals surface area contributed by atoms with Gasteiger partial charge < -0.3 is 0 Å². The fraction of sp³-hybridized carbons (Fsp3) is 0.0714. The zero-order chi connectivity index (χ0) is 12.3. The normalized spacial score (nSPS) is 10.2. The highest BCUT2D eigenvalue weighted by Gasteiger charge is 2.08. The van der Waals surface area contributed by atoms with Gasteiger partial charge in [-0.25, -0.2) is 0 Å². The van der Waals surface area contributed by atoms with Crippen LogP contribution in [0.25, 0.3) is 11.1 Å². The highest BCUT2D eigenvalue weighted by atomic mass is 32.2. The van der Waals surface area contributed by atoms with E-state index in [0.717, 1.165) is 11.1 Å². The van der Waals surface area contributed by atoms with Crippen LogP contribution in [0.4, 0.5) is 0 Å². The van der Waals surface area contributed by atoms with Crippen molar-refractivity contribution in [2.24, 2.45) is 0 Å². The van der Waals surface area contributed by atoms with E-state index in [-0.39, 0.29) is 5.12 Å². The molecule has 2 aromatic rings. The molecule has 0 amide bonds. The Morgan fingerprint density at radius 1 is 1.06 bits per heavy atom.